The van der Waals surface area contributed by atoms with E-state index in [-0.39, 0.29) is 0 Å². The smallest absolute Gasteiger partial charge is 0.320 e. The van der Waals surface area contributed by atoms with Crippen molar-refractivity contribution in [2.75, 3.05) is 13.3 Å². The molecule has 11 heavy (non-hydrogen) atoms. The van der Waals surface area contributed by atoms with Gasteiger partial charge in [0.1, 0.15) is 12.8 Å². The third kappa shape index (κ3) is 4.69. The molecule has 0 saturated heterocycles. The van der Waals surface area contributed by atoms with E-state index in [1.54, 1.807) is 0 Å². The number of halogens is 1. The maximum atomic E-state index is 11.6. The predicted octanol–water partition coefficient (Wildman–Crippen LogP) is -0.305. The van der Waals surface area contributed by atoms with Gasteiger partial charge in [-0.15, -0.1) is 0 Å². The summed E-state index contributed by atoms with van der Waals surface area (Å²) in [4.78, 5) is 10.3. The molecule has 1 atom stereocenters. The largest absolute Gasteiger partial charge is 0.480 e. The van der Waals surface area contributed by atoms with E-state index < -0.39 is 18.8 Å². The summed E-state index contributed by atoms with van der Waals surface area (Å²) >= 11 is 0. The number of alkyl halides is 1. The van der Waals surface area contributed by atoms with Crippen LogP contribution in [-0.4, -0.2) is 30.5 Å². The van der Waals surface area contributed by atoms with Crippen molar-refractivity contribution in [2.24, 2.45) is 5.73 Å². The first kappa shape index (κ1) is 10.3. The minimum atomic E-state index is -1.03. The molecule has 0 amide bonds. The molecule has 0 fully saturated rings. The Balaban J connectivity index is 3.60. The van der Waals surface area contributed by atoms with E-state index >= 15 is 0 Å². The van der Waals surface area contributed by atoms with Gasteiger partial charge in [-0.2, -0.15) is 0 Å². The van der Waals surface area contributed by atoms with Gasteiger partial charge in [-0.05, 0) is 19.4 Å². The van der Waals surface area contributed by atoms with Crippen LogP contribution < -0.4 is 11.1 Å². The van der Waals surface area contributed by atoms with Crippen molar-refractivity contribution in [1.82, 2.24) is 5.32 Å². The molecule has 0 saturated carbocycles. The normalized spacial score (nSPS) is 12.9. The quantitative estimate of drug-likeness (QED) is 0.471. The van der Waals surface area contributed by atoms with Gasteiger partial charge in [0, 0.05) is 0 Å². The maximum Gasteiger partial charge on any atom is 0.320 e. The van der Waals surface area contributed by atoms with E-state index in [1.165, 1.54) is 0 Å². The van der Waals surface area contributed by atoms with Crippen LogP contribution >= 0.6 is 0 Å². The number of nitrogens with two attached hydrogens (primary N) is 1. The number of aliphatic carboxylic acids is 1. The van der Waals surface area contributed by atoms with Gasteiger partial charge in [-0.3, -0.25) is 10.1 Å². The Kier molecular flexibility index (Phi) is 5.68. The molecular weight excluding hydrogens is 151 g/mol. The molecule has 66 valence electrons. The van der Waals surface area contributed by atoms with E-state index in [1.807, 2.05) is 0 Å². The maximum absolute atomic E-state index is 11.6. The van der Waals surface area contributed by atoms with Gasteiger partial charge < -0.3 is 10.8 Å². The second kappa shape index (κ2) is 6.06. The average Bonchev–Trinajstić information content (AvgIpc) is 1.97. The number of nitrogens with one attached hydrogen (secondary N) is 1. The van der Waals surface area contributed by atoms with E-state index in [4.69, 9.17) is 10.8 Å². The van der Waals surface area contributed by atoms with Crippen LogP contribution in [0.15, 0.2) is 0 Å². The fourth-order valence-electron chi connectivity index (χ4n) is 0.728. The molecule has 0 aromatic carbocycles. The zero-order valence-electron chi connectivity index (χ0n) is 6.22. The molecule has 0 aliphatic rings. The lowest BCUT2D eigenvalue weighted by Crippen LogP contribution is -2.36. The number of hydrogen-bond acceptors (Lipinski definition) is 3. The summed E-state index contributed by atoms with van der Waals surface area (Å²) in [7, 11) is 0. The highest BCUT2D eigenvalue weighted by molar-refractivity contribution is 5.73. The van der Waals surface area contributed by atoms with Gasteiger partial charge in [0.25, 0.3) is 0 Å². The monoisotopic (exact) mass is 164 g/mol. The lowest BCUT2D eigenvalue weighted by atomic mass is 10.1. The van der Waals surface area contributed by atoms with Crippen LogP contribution in [0.5, 0.6) is 0 Å². The van der Waals surface area contributed by atoms with Gasteiger partial charge in [0.2, 0.25) is 0 Å². The number of carboxylic acids is 1. The molecule has 0 radical (unpaired) electrons. The Morgan fingerprint density at radius 3 is 2.73 bits per heavy atom. The third-order valence-electron chi connectivity index (χ3n) is 1.32. The molecule has 0 aliphatic heterocycles. The first-order chi connectivity index (χ1) is 5.22. The van der Waals surface area contributed by atoms with Crippen molar-refractivity contribution >= 4 is 5.97 Å². The topological polar surface area (TPSA) is 75.3 Å². The Morgan fingerprint density at radius 1 is 1.73 bits per heavy atom. The second-order valence-electron chi connectivity index (χ2n) is 2.16. The zero-order chi connectivity index (χ0) is 8.69. The van der Waals surface area contributed by atoms with Gasteiger partial charge >= 0.3 is 5.97 Å². The summed E-state index contributed by atoms with van der Waals surface area (Å²) in [5.41, 5.74) is 5.16. The first-order valence-corrected chi connectivity index (χ1v) is 3.44. The van der Waals surface area contributed by atoms with Crippen molar-refractivity contribution in [2.45, 2.75) is 18.9 Å². The average molecular weight is 164 g/mol. The molecule has 0 bridgehead atoms. The van der Waals surface area contributed by atoms with Crippen molar-refractivity contribution in [3.8, 4) is 0 Å². The van der Waals surface area contributed by atoms with Crippen molar-refractivity contribution in [3.63, 3.8) is 0 Å². The molecule has 0 rings (SSSR count). The van der Waals surface area contributed by atoms with Gasteiger partial charge in [0.05, 0.1) is 0 Å². The van der Waals surface area contributed by atoms with Crippen LogP contribution in [0.2, 0.25) is 0 Å². The SMILES string of the molecule is NCCCC(NCF)C(=O)O. The molecule has 5 heteroatoms. The van der Waals surface area contributed by atoms with E-state index in [0.29, 0.717) is 19.4 Å². The Bertz CT molecular complexity index is 121. The summed E-state index contributed by atoms with van der Waals surface area (Å²) in [6.07, 6.45) is 0.958. The molecule has 0 aromatic rings. The second-order valence-corrected chi connectivity index (χ2v) is 2.16. The number of carboxylic acid groups (broad SMARTS) is 1. The fourth-order valence-corrected chi connectivity index (χ4v) is 0.728. The van der Waals surface area contributed by atoms with Crippen molar-refractivity contribution < 1.29 is 14.3 Å². The first-order valence-electron chi connectivity index (χ1n) is 3.44. The molecule has 0 spiro atoms. The summed E-state index contributed by atoms with van der Waals surface area (Å²) in [5, 5.41) is 10.7. The molecule has 4 nitrogen and oxygen atoms in total. The zero-order valence-corrected chi connectivity index (χ0v) is 6.22. The summed E-state index contributed by atoms with van der Waals surface area (Å²) in [6.45, 7) is -0.390. The standard InChI is InChI=1S/C6H13FN2O2/c7-4-9-5(6(10)11)2-1-3-8/h5,9H,1-4,8H2,(H,10,11). The molecule has 0 aromatic heterocycles. The fraction of sp³-hybridized carbons (Fsp3) is 0.833. The van der Waals surface area contributed by atoms with Gasteiger partial charge in [-0.1, -0.05) is 0 Å². The van der Waals surface area contributed by atoms with Crippen LogP contribution in [-0.2, 0) is 4.79 Å². The highest BCUT2D eigenvalue weighted by atomic mass is 19.1. The number of hydrogen-bond donors (Lipinski definition) is 3. The predicted molar refractivity (Wildman–Crippen MR) is 38.8 cm³/mol. The Labute approximate surface area is 64.6 Å². The minimum Gasteiger partial charge on any atom is -0.480 e. The minimum absolute atomic E-state index is 0.371. The number of rotatable bonds is 6. The number of carbonyl (C=O) groups is 1. The molecule has 4 N–H and O–H groups in total. The van der Waals surface area contributed by atoms with Crippen LogP contribution in [0.3, 0.4) is 0 Å². The highest BCUT2D eigenvalue weighted by Crippen LogP contribution is 1.95. The van der Waals surface area contributed by atoms with Crippen LogP contribution in [0.1, 0.15) is 12.8 Å². The highest BCUT2D eigenvalue weighted by Gasteiger charge is 2.14. The van der Waals surface area contributed by atoms with Crippen LogP contribution in [0.4, 0.5) is 4.39 Å². The third-order valence-corrected chi connectivity index (χ3v) is 1.32. The van der Waals surface area contributed by atoms with Crippen LogP contribution in [0, 0.1) is 0 Å². The van der Waals surface area contributed by atoms with E-state index in [9.17, 15) is 9.18 Å². The molecule has 0 heterocycles. The summed E-state index contributed by atoms with van der Waals surface area (Å²) in [6, 6.07) is -0.802. The van der Waals surface area contributed by atoms with Crippen molar-refractivity contribution in [1.29, 1.82) is 0 Å². The lowest BCUT2D eigenvalue weighted by Gasteiger charge is -2.10. The van der Waals surface area contributed by atoms with Crippen molar-refractivity contribution in [3.05, 3.63) is 0 Å². The molecule has 0 aliphatic carbocycles. The van der Waals surface area contributed by atoms with Gasteiger partial charge in [0.15, 0.2) is 0 Å². The van der Waals surface area contributed by atoms with E-state index in [2.05, 4.69) is 5.32 Å². The van der Waals surface area contributed by atoms with Gasteiger partial charge in [-0.25, -0.2) is 4.39 Å². The summed E-state index contributed by atoms with van der Waals surface area (Å²) in [5.74, 6) is -1.03. The van der Waals surface area contributed by atoms with E-state index in [0.717, 1.165) is 0 Å². The Morgan fingerprint density at radius 2 is 2.36 bits per heavy atom. The lowest BCUT2D eigenvalue weighted by molar-refractivity contribution is -0.139. The summed E-state index contributed by atoms with van der Waals surface area (Å²) < 4.78 is 11.6. The van der Waals surface area contributed by atoms with Crippen LogP contribution in [0.25, 0.3) is 0 Å². The molecular formula is C6H13FN2O2. The Hall–Kier alpha value is -0.680. The molecule has 1 unspecified atom stereocenters.